The fourth-order valence-electron chi connectivity index (χ4n) is 2.35. The van der Waals surface area contributed by atoms with Crippen molar-refractivity contribution in [2.75, 3.05) is 11.6 Å². The Morgan fingerprint density at radius 3 is 2.71 bits per heavy atom. The van der Waals surface area contributed by atoms with Gasteiger partial charge in [0.1, 0.15) is 18.1 Å². The van der Waals surface area contributed by atoms with Crippen LogP contribution in [0.5, 0.6) is 0 Å². The third kappa shape index (κ3) is 3.29. The molecule has 2 N–H and O–H groups in total. The minimum absolute atomic E-state index is 0.0844. The summed E-state index contributed by atoms with van der Waals surface area (Å²) in [5.41, 5.74) is 3.42. The molecule has 124 valence electrons. The maximum atomic E-state index is 12.4. The first kappa shape index (κ1) is 15.8. The Bertz CT molecular complexity index is 782. The Kier molecular flexibility index (Phi) is 4.33. The number of furan rings is 1. The third-order valence-electron chi connectivity index (χ3n) is 3.60. The van der Waals surface area contributed by atoms with Crippen molar-refractivity contribution >= 4 is 23.3 Å². The first-order chi connectivity index (χ1) is 11.5. The summed E-state index contributed by atoms with van der Waals surface area (Å²) in [6.07, 6.45) is 0. The minimum Gasteiger partial charge on any atom is -0.464 e. The fourth-order valence-corrected chi connectivity index (χ4v) is 2.35. The van der Waals surface area contributed by atoms with Crippen molar-refractivity contribution < 1.29 is 14.0 Å². The summed E-state index contributed by atoms with van der Waals surface area (Å²) in [7, 11) is 0. The molecule has 0 saturated heterocycles. The van der Waals surface area contributed by atoms with Crippen LogP contribution in [-0.4, -0.2) is 24.2 Å². The monoisotopic (exact) mass is 326 g/mol. The van der Waals surface area contributed by atoms with Gasteiger partial charge < -0.3 is 9.73 Å². The van der Waals surface area contributed by atoms with E-state index in [1.165, 1.54) is 5.01 Å². The van der Waals surface area contributed by atoms with Crippen LogP contribution in [0.2, 0.25) is 0 Å². The molecule has 0 saturated carbocycles. The highest BCUT2D eigenvalue weighted by Gasteiger charge is 2.26. The van der Waals surface area contributed by atoms with E-state index in [1.807, 2.05) is 44.2 Å². The second kappa shape index (κ2) is 6.57. The van der Waals surface area contributed by atoms with Crippen molar-refractivity contribution in [3.63, 3.8) is 0 Å². The maximum absolute atomic E-state index is 12.4. The lowest BCUT2D eigenvalue weighted by molar-refractivity contribution is -0.118. The molecule has 2 aromatic rings. The van der Waals surface area contributed by atoms with Gasteiger partial charge in [0.25, 0.3) is 11.8 Å². The van der Waals surface area contributed by atoms with E-state index in [0.29, 0.717) is 11.4 Å². The number of nitrogens with one attached hydrogen (secondary N) is 2. The van der Waals surface area contributed by atoms with E-state index in [4.69, 9.17) is 4.42 Å². The van der Waals surface area contributed by atoms with Gasteiger partial charge in [-0.3, -0.25) is 20.0 Å². The lowest BCUT2D eigenvalue weighted by Gasteiger charge is -2.28. The highest BCUT2D eigenvalue weighted by molar-refractivity contribution is 6.39. The van der Waals surface area contributed by atoms with Crippen LogP contribution in [0, 0.1) is 6.92 Å². The van der Waals surface area contributed by atoms with Gasteiger partial charge >= 0.3 is 0 Å². The number of rotatable bonds is 4. The highest BCUT2D eigenvalue weighted by Crippen LogP contribution is 2.16. The molecule has 2 heterocycles. The first-order valence-corrected chi connectivity index (χ1v) is 7.61. The van der Waals surface area contributed by atoms with Crippen molar-refractivity contribution in [3.8, 4) is 0 Å². The lowest BCUT2D eigenvalue weighted by atomic mass is 10.2. The molecule has 0 bridgehead atoms. The molecule has 0 radical (unpaired) electrons. The van der Waals surface area contributed by atoms with Crippen molar-refractivity contribution in [1.82, 2.24) is 10.7 Å². The van der Waals surface area contributed by atoms with Gasteiger partial charge in [0, 0.05) is 0 Å². The Hall–Kier alpha value is -3.09. The average Bonchev–Trinajstić information content (AvgIpc) is 3.02. The third-order valence-corrected chi connectivity index (χ3v) is 3.60. The molecule has 1 aromatic carbocycles. The van der Waals surface area contributed by atoms with Crippen LogP contribution in [0.3, 0.4) is 0 Å². The summed E-state index contributed by atoms with van der Waals surface area (Å²) in [5, 5.41) is 4.13. The summed E-state index contributed by atoms with van der Waals surface area (Å²) >= 11 is 0. The molecule has 2 amide bonds. The Morgan fingerprint density at radius 1 is 1.29 bits per heavy atom. The minimum atomic E-state index is -0.398. The molecule has 7 nitrogen and oxygen atoms in total. The number of carbonyl (C=O) groups excluding carboxylic acids is 2. The number of hydrazine groups is 1. The summed E-state index contributed by atoms with van der Waals surface area (Å²) < 4.78 is 5.50. The molecule has 1 unspecified atom stereocenters. The predicted octanol–water partition coefficient (Wildman–Crippen LogP) is 1.72. The van der Waals surface area contributed by atoms with Crippen LogP contribution >= 0.6 is 0 Å². The van der Waals surface area contributed by atoms with Crippen molar-refractivity contribution in [3.05, 3.63) is 54.0 Å². The quantitative estimate of drug-likeness (QED) is 0.895. The zero-order chi connectivity index (χ0) is 17.1. The molecule has 1 aliphatic rings. The van der Waals surface area contributed by atoms with Gasteiger partial charge in [0.15, 0.2) is 0 Å². The first-order valence-electron chi connectivity index (χ1n) is 7.61. The van der Waals surface area contributed by atoms with E-state index < -0.39 is 5.91 Å². The summed E-state index contributed by atoms with van der Waals surface area (Å²) in [5.74, 6) is 0.902. The van der Waals surface area contributed by atoms with Gasteiger partial charge in [-0.2, -0.15) is 0 Å². The number of nitrogens with zero attached hydrogens (tertiary/aromatic N) is 2. The number of hydrogen-bond acceptors (Lipinski definition) is 5. The summed E-state index contributed by atoms with van der Waals surface area (Å²) in [6, 6.07) is 12.4. The Labute approximate surface area is 139 Å². The van der Waals surface area contributed by atoms with Gasteiger partial charge in [-0.15, -0.1) is 0 Å². The Morgan fingerprint density at radius 2 is 2.04 bits per heavy atom. The van der Waals surface area contributed by atoms with Gasteiger partial charge in [0.2, 0.25) is 5.84 Å². The number of aliphatic imine (C=N–C) groups is 1. The molecule has 24 heavy (non-hydrogen) atoms. The molecule has 1 atom stereocenters. The molecule has 0 aliphatic carbocycles. The van der Waals surface area contributed by atoms with Gasteiger partial charge in [-0.25, -0.2) is 5.01 Å². The summed E-state index contributed by atoms with van der Waals surface area (Å²) in [6.45, 7) is 3.58. The van der Waals surface area contributed by atoms with E-state index in [1.54, 1.807) is 12.1 Å². The normalized spacial score (nSPS) is 15.5. The van der Waals surface area contributed by atoms with E-state index in [0.717, 1.165) is 5.76 Å². The average molecular weight is 326 g/mol. The number of aryl methyl sites for hydroxylation is 1. The lowest BCUT2D eigenvalue weighted by Crippen LogP contribution is -2.55. The van der Waals surface area contributed by atoms with Crippen LogP contribution < -0.4 is 15.8 Å². The number of para-hydroxylation sites is 1. The SMILES string of the molecule is Cc1ccc(C(C)NC(=O)C2=NCC(=O)N(c3ccccc3)N2)o1. The smallest absolute Gasteiger partial charge is 0.288 e. The fraction of sp³-hybridized carbons (Fsp3) is 0.235. The second-order valence-electron chi connectivity index (χ2n) is 5.48. The number of anilines is 1. The molecule has 0 spiro atoms. The number of amides is 2. The zero-order valence-electron chi connectivity index (χ0n) is 13.4. The van der Waals surface area contributed by atoms with Gasteiger partial charge in [0.05, 0.1) is 11.7 Å². The molecule has 1 aliphatic heterocycles. The van der Waals surface area contributed by atoms with E-state index >= 15 is 0 Å². The van der Waals surface area contributed by atoms with Crippen molar-refractivity contribution in [2.45, 2.75) is 19.9 Å². The standard InChI is InChI=1S/C17H18N4O3/c1-11-8-9-14(24-11)12(2)19-17(23)16-18-10-15(22)21(20-16)13-6-4-3-5-7-13/h3-9,12H,10H2,1-2H3,(H,18,20)(H,19,23). The highest BCUT2D eigenvalue weighted by atomic mass is 16.3. The van der Waals surface area contributed by atoms with Crippen molar-refractivity contribution in [2.24, 2.45) is 4.99 Å². The topological polar surface area (TPSA) is 86.9 Å². The zero-order valence-corrected chi connectivity index (χ0v) is 13.4. The predicted molar refractivity (Wildman–Crippen MR) is 89.4 cm³/mol. The van der Waals surface area contributed by atoms with E-state index in [-0.39, 0.29) is 24.3 Å². The van der Waals surface area contributed by atoms with Crippen LogP contribution in [-0.2, 0) is 9.59 Å². The Balaban J connectivity index is 1.70. The van der Waals surface area contributed by atoms with E-state index in [2.05, 4.69) is 15.7 Å². The van der Waals surface area contributed by atoms with Crippen LogP contribution in [0.15, 0.2) is 51.9 Å². The van der Waals surface area contributed by atoms with Crippen molar-refractivity contribution in [1.29, 1.82) is 0 Å². The van der Waals surface area contributed by atoms with Gasteiger partial charge in [-0.1, -0.05) is 18.2 Å². The molecule has 0 fully saturated rings. The molecule has 1 aromatic heterocycles. The number of benzene rings is 1. The van der Waals surface area contributed by atoms with Gasteiger partial charge in [-0.05, 0) is 38.1 Å². The maximum Gasteiger partial charge on any atom is 0.288 e. The molecular weight excluding hydrogens is 308 g/mol. The number of hydrogen-bond donors (Lipinski definition) is 2. The molecular formula is C17H18N4O3. The van der Waals surface area contributed by atoms with Crippen LogP contribution in [0.25, 0.3) is 0 Å². The largest absolute Gasteiger partial charge is 0.464 e. The van der Waals surface area contributed by atoms with Crippen LogP contribution in [0.4, 0.5) is 5.69 Å². The molecule has 7 heteroatoms. The number of amidine groups is 1. The van der Waals surface area contributed by atoms with Crippen LogP contribution in [0.1, 0.15) is 24.5 Å². The van der Waals surface area contributed by atoms with E-state index in [9.17, 15) is 9.59 Å². The second-order valence-corrected chi connectivity index (χ2v) is 5.48. The summed E-state index contributed by atoms with van der Waals surface area (Å²) in [4.78, 5) is 28.4. The number of carbonyl (C=O) groups is 2. The molecule has 3 rings (SSSR count).